The van der Waals surface area contributed by atoms with Gasteiger partial charge in [-0.2, -0.15) is 0 Å². The number of hydrogen-bond acceptors (Lipinski definition) is 2. The van der Waals surface area contributed by atoms with Gasteiger partial charge in [0.15, 0.2) is 0 Å². The van der Waals surface area contributed by atoms with Crippen molar-refractivity contribution in [2.24, 2.45) is 0 Å². The number of allylic oxidation sites excluding steroid dienone is 8. The third-order valence-electron chi connectivity index (χ3n) is 7.72. The molecule has 0 unspecified atom stereocenters. The van der Waals surface area contributed by atoms with Crippen molar-refractivity contribution in [3.8, 4) is 11.5 Å². The first kappa shape index (κ1) is 37.6. The predicted octanol–water partition coefficient (Wildman–Crippen LogP) is 10.2. The summed E-state index contributed by atoms with van der Waals surface area (Å²) in [5.41, 5.74) is 5.27. The summed E-state index contributed by atoms with van der Waals surface area (Å²) < 4.78 is 11.5. The third-order valence-corrected chi connectivity index (χ3v) is 14.1. The predicted molar refractivity (Wildman–Crippen MR) is 190 cm³/mol. The number of ether oxygens (including phenoxy) is 2. The first-order valence-corrected chi connectivity index (χ1v) is 17.7. The van der Waals surface area contributed by atoms with Crippen LogP contribution in [-0.4, -0.2) is 30.2 Å². The Balaban J connectivity index is 0.000000973. The Labute approximate surface area is 276 Å². The monoisotopic (exact) mass is 658 g/mol. The molecule has 2 aliphatic carbocycles. The van der Waals surface area contributed by atoms with Crippen molar-refractivity contribution < 1.29 is 26.5 Å². The van der Waals surface area contributed by atoms with E-state index < -0.39 is 7.92 Å². The molecule has 234 valence electrons. The molecule has 5 heteroatoms. The standard InChI is InChI=1S/C33H47O2P2.C5H5.Fe/c1-21-17-26(18-22(2)30(21)34-12)36(27-19-23(3)31(35-13)24(4)20-27)29-16-14-15-28(29)25(5)37(32(6,7)8)33(9,10)11;1-2-4-5-3-1;/h14-20,25H,1-13H3;1-5H;/t25-;;/m1../s1. The second-order valence-electron chi connectivity index (χ2n) is 13.3. The van der Waals surface area contributed by atoms with Crippen LogP contribution in [0.1, 0.15) is 70.7 Å². The summed E-state index contributed by atoms with van der Waals surface area (Å²) in [7, 11) is 2.48. The summed E-state index contributed by atoms with van der Waals surface area (Å²) in [4.78, 5) is 0. The number of rotatable bonds is 7. The largest absolute Gasteiger partial charge is 0.496 e. The number of aryl methyl sites for hydroxylation is 4. The molecule has 2 aliphatic rings. The van der Waals surface area contributed by atoms with E-state index in [9.17, 15) is 0 Å². The van der Waals surface area contributed by atoms with Crippen LogP contribution < -0.4 is 20.1 Å². The Hall–Kier alpha value is -1.62. The van der Waals surface area contributed by atoms with Crippen LogP contribution in [0.3, 0.4) is 0 Å². The van der Waals surface area contributed by atoms with Gasteiger partial charge in [0.2, 0.25) is 0 Å². The summed E-state index contributed by atoms with van der Waals surface area (Å²) in [6.45, 7) is 25.7. The maximum atomic E-state index is 5.74. The molecule has 0 saturated carbocycles. The van der Waals surface area contributed by atoms with E-state index in [1.807, 2.05) is 30.7 Å². The Kier molecular flexibility index (Phi) is 13.6. The molecule has 2 radical (unpaired) electrons. The van der Waals surface area contributed by atoms with Crippen LogP contribution >= 0.6 is 15.8 Å². The van der Waals surface area contributed by atoms with Crippen molar-refractivity contribution in [3.05, 3.63) is 107 Å². The van der Waals surface area contributed by atoms with Gasteiger partial charge < -0.3 is 9.47 Å². The van der Waals surface area contributed by atoms with Crippen molar-refractivity contribution in [2.75, 3.05) is 14.2 Å². The SMILES string of the molecule is COc1c(C)cc(P(C2=CC=C[C]2[C@@H](C)P(C(C)(C)C)C(C)(C)C)c2cc(C)c(OC)c(C)c2)cc1C.[CH]1C=CC=C1.[Fe]. The molecule has 4 rings (SSSR count). The number of hydrogen-bond donors (Lipinski definition) is 0. The van der Waals surface area contributed by atoms with Gasteiger partial charge in [-0.1, -0.05) is 98.9 Å². The zero-order valence-corrected chi connectivity index (χ0v) is 31.5. The Morgan fingerprint density at radius 1 is 0.628 bits per heavy atom. The van der Waals surface area contributed by atoms with Gasteiger partial charge in [0.05, 0.1) is 14.2 Å². The molecule has 0 heterocycles. The van der Waals surface area contributed by atoms with Gasteiger partial charge in [0, 0.05) is 29.4 Å². The Bertz CT molecular complexity index is 1240. The molecule has 0 aromatic heterocycles. The van der Waals surface area contributed by atoms with Gasteiger partial charge in [0.25, 0.3) is 0 Å². The first-order chi connectivity index (χ1) is 19.6. The van der Waals surface area contributed by atoms with Gasteiger partial charge in [-0.15, -0.1) is 0 Å². The van der Waals surface area contributed by atoms with E-state index in [1.54, 1.807) is 14.2 Å². The maximum absolute atomic E-state index is 5.74. The molecule has 2 aromatic carbocycles. The van der Waals surface area contributed by atoms with Gasteiger partial charge in [-0.05, 0) is 114 Å². The van der Waals surface area contributed by atoms with Crippen molar-refractivity contribution >= 4 is 26.5 Å². The normalized spacial score (nSPS) is 15.4. The summed E-state index contributed by atoms with van der Waals surface area (Å²) in [6.07, 6.45) is 17.1. The quantitative estimate of drug-likeness (QED) is 0.218. The molecule has 0 N–H and O–H groups in total. The van der Waals surface area contributed by atoms with Gasteiger partial charge in [-0.25, -0.2) is 0 Å². The van der Waals surface area contributed by atoms with Gasteiger partial charge >= 0.3 is 0 Å². The summed E-state index contributed by atoms with van der Waals surface area (Å²) in [6, 6.07) is 9.41. The van der Waals surface area contributed by atoms with Crippen LogP contribution in [0, 0.1) is 40.0 Å². The van der Waals surface area contributed by atoms with Crippen LogP contribution in [0.15, 0.2) is 72.1 Å². The molecule has 1 atom stereocenters. The minimum absolute atomic E-state index is 0. The topological polar surface area (TPSA) is 18.5 Å². The van der Waals surface area contributed by atoms with E-state index >= 15 is 0 Å². The van der Waals surface area contributed by atoms with Crippen LogP contribution in [0.2, 0.25) is 0 Å². The fraction of sp³-hybridized carbons (Fsp3) is 0.421. The third kappa shape index (κ3) is 8.98. The van der Waals surface area contributed by atoms with E-state index in [2.05, 4.69) is 119 Å². The van der Waals surface area contributed by atoms with E-state index in [0.29, 0.717) is 5.66 Å². The molecule has 0 spiro atoms. The zero-order valence-electron chi connectivity index (χ0n) is 28.6. The van der Waals surface area contributed by atoms with Gasteiger partial charge in [-0.3, -0.25) is 0 Å². The zero-order chi connectivity index (χ0) is 31.4. The second-order valence-corrected chi connectivity index (χ2v) is 19.7. The summed E-state index contributed by atoms with van der Waals surface area (Å²) >= 11 is 0. The number of methoxy groups -OCH3 is 2. The molecule has 0 amide bonds. The smallest absolute Gasteiger partial charge is 0.124 e. The molecule has 43 heavy (non-hydrogen) atoms. The van der Waals surface area contributed by atoms with Crippen molar-refractivity contribution in [2.45, 2.75) is 92.1 Å². The molecule has 2 aromatic rings. The molecule has 0 saturated heterocycles. The molecule has 0 bridgehead atoms. The number of benzene rings is 2. The molecule has 0 aliphatic heterocycles. The Morgan fingerprint density at radius 3 is 1.33 bits per heavy atom. The second kappa shape index (κ2) is 15.6. The van der Waals surface area contributed by atoms with Crippen LogP contribution in [0.4, 0.5) is 0 Å². The van der Waals surface area contributed by atoms with Gasteiger partial charge in [0.1, 0.15) is 11.5 Å². The van der Waals surface area contributed by atoms with E-state index in [0.717, 1.165) is 11.5 Å². The van der Waals surface area contributed by atoms with E-state index in [4.69, 9.17) is 9.47 Å². The van der Waals surface area contributed by atoms with Crippen molar-refractivity contribution in [1.29, 1.82) is 0 Å². The Morgan fingerprint density at radius 2 is 1.02 bits per heavy atom. The van der Waals surface area contributed by atoms with Crippen molar-refractivity contribution in [1.82, 2.24) is 0 Å². The minimum atomic E-state index is -0.759. The minimum Gasteiger partial charge on any atom is -0.496 e. The fourth-order valence-electron chi connectivity index (χ4n) is 6.79. The first-order valence-electron chi connectivity index (χ1n) is 14.9. The van der Waals surface area contributed by atoms with Crippen LogP contribution in [-0.2, 0) is 17.1 Å². The molecular weight excluding hydrogens is 606 g/mol. The van der Waals surface area contributed by atoms with Crippen LogP contribution in [0.5, 0.6) is 11.5 Å². The van der Waals surface area contributed by atoms with Crippen LogP contribution in [0.25, 0.3) is 0 Å². The average molecular weight is 659 g/mol. The summed E-state index contributed by atoms with van der Waals surface area (Å²) in [5.74, 6) is 3.49. The molecule has 2 nitrogen and oxygen atoms in total. The maximum Gasteiger partial charge on any atom is 0.124 e. The average Bonchev–Trinajstić information content (AvgIpc) is 3.58. The molecule has 0 fully saturated rings. The van der Waals surface area contributed by atoms with E-state index in [1.165, 1.54) is 44.1 Å². The summed E-state index contributed by atoms with van der Waals surface area (Å²) in [5, 5.41) is 4.75. The van der Waals surface area contributed by atoms with E-state index in [-0.39, 0.29) is 35.3 Å². The molecular formula is C38H52FeO2P2. The van der Waals surface area contributed by atoms with Crippen molar-refractivity contribution in [3.63, 3.8) is 0 Å². The fourth-order valence-corrected chi connectivity index (χ4v) is 14.6.